The molecule has 0 amide bonds. The maximum Gasteiger partial charge on any atom is 0.0730 e. The van der Waals surface area contributed by atoms with E-state index < -0.39 is 0 Å². The molecule has 3 nitrogen and oxygen atoms in total. The van der Waals surface area contributed by atoms with Gasteiger partial charge in [0.2, 0.25) is 0 Å². The minimum atomic E-state index is 0.548. The van der Waals surface area contributed by atoms with Gasteiger partial charge in [-0.3, -0.25) is 4.90 Å². The van der Waals surface area contributed by atoms with Gasteiger partial charge in [-0.2, -0.15) is 0 Å². The van der Waals surface area contributed by atoms with Crippen LogP contribution in [0.25, 0.3) is 0 Å². The smallest absolute Gasteiger partial charge is 0.0730 e. The predicted molar refractivity (Wildman–Crippen MR) is 73.8 cm³/mol. The highest BCUT2D eigenvalue weighted by molar-refractivity contribution is 4.95. The molecule has 2 aliphatic carbocycles. The van der Waals surface area contributed by atoms with Gasteiger partial charge in [-0.05, 0) is 44.6 Å². The first-order valence-corrected chi connectivity index (χ1v) is 7.83. The highest BCUT2D eigenvalue weighted by Crippen LogP contribution is 2.40. The van der Waals surface area contributed by atoms with Crippen LogP contribution in [0.5, 0.6) is 0 Å². The zero-order chi connectivity index (χ0) is 12.4. The van der Waals surface area contributed by atoms with Crippen molar-refractivity contribution in [3.8, 4) is 0 Å². The van der Waals surface area contributed by atoms with E-state index in [4.69, 9.17) is 4.74 Å². The molecule has 1 saturated heterocycles. The molecule has 0 spiro atoms. The molecule has 1 aliphatic heterocycles. The Kier molecular flexibility index (Phi) is 3.92. The maximum atomic E-state index is 5.93. The lowest BCUT2D eigenvalue weighted by atomic mass is 9.84. The molecule has 0 aromatic heterocycles. The molecule has 3 aliphatic rings. The standard InChI is InChI=1S/C15H28N2O/c1-16-11-15(7-2-3-8-15)12-17-9-10-18-14-6-4-5-13(14)17/h13-14,16H,2-12H2,1H3. The predicted octanol–water partition coefficient (Wildman–Crippen LogP) is 2.02. The van der Waals surface area contributed by atoms with Crippen LogP contribution >= 0.6 is 0 Å². The summed E-state index contributed by atoms with van der Waals surface area (Å²) >= 11 is 0. The number of ether oxygens (including phenoxy) is 1. The quantitative estimate of drug-likeness (QED) is 0.828. The highest BCUT2D eigenvalue weighted by Gasteiger charge is 2.41. The Morgan fingerprint density at radius 2 is 2.06 bits per heavy atom. The van der Waals surface area contributed by atoms with Crippen molar-refractivity contribution in [1.82, 2.24) is 10.2 Å². The Hall–Kier alpha value is -0.120. The van der Waals surface area contributed by atoms with Gasteiger partial charge in [-0.1, -0.05) is 12.8 Å². The minimum Gasteiger partial charge on any atom is -0.375 e. The summed E-state index contributed by atoms with van der Waals surface area (Å²) in [4.78, 5) is 2.77. The second-order valence-corrected chi connectivity index (χ2v) is 6.62. The summed E-state index contributed by atoms with van der Waals surface area (Å²) in [5.41, 5.74) is 0.555. The fourth-order valence-electron chi connectivity index (χ4n) is 4.52. The Morgan fingerprint density at radius 1 is 1.22 bits per heavy atom. The van der Waals surface area contributed by atoms with E-state index in [2.05, 4.69) is 17.3 Å². The van der Waals surface area contributed by atoms with E-state index in [1.54, 1.807) is 0 Å². The summed E-state index contributed by atoms with van der Waals surface area (Å²) in [5, 5.41) is 3.44. The molecular weight excluding hydrogens is 224 g/mol. The van der Waals surface area contributed by atoms with Crippen LogP contribution in [0.4, 0.5) is 0 Å². The summed E-state index contributed by atoms with van der Waals surface area (Å²) in [6, 6.07) is 0.730. The van der Waals surface area contributed by atoms with E-state index in [-0.39, 0.29) is 0 Å². The molecule has 0 bridgehead atoms. The molecule has 3 fully saturated rings. The summed E-state index contributed by atoms with van der Waals surface area (Å²) in [7, 11) is 2.11. The number of nitrogens with zero attached hydrogens (tertiary/aromatic N) is 1. The molecule has 18 heavy (non-hydrogen) atoms. The number of fused-ring (bicyclic) bond motifs is 1. The fraction of sp³-hybridized carbons (Fsp3) is 1.00. The van der Waals surface area contributed by atoms with E-state index in [1.807, 2.05) is 0 Å². The average molecular weight is 252 g/mol. The van der Waals surface area contributed by atoms with E-state index in [1.165, 1.54) is 58.0 Å². The number of hydrogen-bond acceptors (Lipinski definition) is 3. The van der Waals surface area contributed by atoms with Crippen LogP contribution in [-0.4, -0.2) is 50.3 Å². The summed E-state index contributed by atoms with van der Waals surface area (Å²) in [6.07, 6.45) is 10.3. The average Bonchev–Trinajstić information content (AvgIpc) is 2.99. The zero-order valence-electron chi connectivity index (χ0n) is 11.8. The lowest BCUT2D eigenvalue weighted by molar-refractivity contribution is -0.0681. The molecule has 1 N–H and O–H groups in total. The normalized spacial score (nSPS) is 35.8. The van der Waals surface area contributed by atoms with E-state index >= 15 is 0 Å². The first-order valence-electron chi connectivity index (χ1n) is 7.83. The largest absolute Gasteiger partial charge is 0.375 e. The first kappa shape index (κ1) is 12.9. The van der Waals surface area contributed by atoms with Gasteiger partial charge in [0.25, 0.3) is 0 Å². The van der Waals surface area contributed by atoms with E-state index in [9.17, 15) is 0 Å². The van der Waals surface area contributed by atoms with Crippen LogP contribution in [0.3, 0.4) is 0 Å². The molecule has 104 valence electrons. The van der Waals surface area contributed by atoms with Crippen molar-refractivity contribution >= 4 is 0 Å². The second-order valence-electron chi connectivity index (χ2n) is 6.62. The lowest BCUT2D eigenvalue weighted by Gasteiger charge is -2.43. The number of nitrogens with one attached hydrogen (secondary N) is 1. The van der Waals surface area contributed by atoms with Crippen LogP contribution < -0.4 is 5.32 Å². The Labute approximate surface area is 111 Å². The molecule has 3 rings (SSSR count). The van der Waals surface area contributed by atoms with Gasteiger partial charge in [0.1, 0.15) is 0 Å². The van der Waals surface area contributed by atoms with Crippen LogP contribution in [0.1, 0.15) is 44.9 Å². The van der Waals surface area contributed by atoms with Gasteiger partial charge in [0.05, 0.1) is 12.7 Å². The highest BCUT2D eigenvalue weighted by atomic mass is 16.5. The van der Waals surface area contributed by atoms with Gasteiger partial charge >= 0.3 is 0 Å². The van der Waals surface area contributed by atoms with Crippen LogP contribution in [-0.2, 0) is 4.74 Å². The summed E-state index contributed by atoms with van der Waals surface area (Å²) in [6.45, 7) is 4.61. The molecule has 0 aromatic carbocycles. The third kappa shape index (κ3) is 2.45. The Bertz CT molecular complexity index is 276. The maximum absolute atomic E-state index is 5.93. The van der Waals surface area contributed by atoms with Gasteiger partial charge in [-0.25, -0.2) is 0 Å². The van der Waals surface area contributed by atoms with Gasteiger partial charge in [0, 0.05) is 25.7 Å². The topological polar surface area (TPSA) is 24.5 Å². The summed E-state index contributed by atoms with van der Waals surface area (Å²) in [5.74, 6) is 0. The van der Waals surface area contributed by atoms with Crippen LogP contribution in [0.15, 0.2) is 0 Å². The van der Waals surface area contributed by atoms with Crippen molar-refractivity contribution < 1.29 is 4.74 Å². The second kappa shape index (κ2) is 5.48. The minimum absolute atomic E-state index is 0.548. The Morgan fingerprint density at radius 3 is 2.83 bits per heavy atom. The number of rotatable bonds is 4. The number of morpholine rings is 1. The zero-order valence-corrected chi connectivity index (χ0v) is 11.8. The van der Waals surface area contributed by atoms with E-state index in [0.29, 0.717) is 11.5 Å². The van der Waals surface area contributed by atoms with Crippen LogP contribution in [0, 0.1) is 5.41 Å². The van der Waals surface area contributed by atoms with E-state index in [0.717, 1.165) is 19.2 Å². The molecule has 0 aromatic rings. The van der Waals surface area contributed by atoms with Crippen molar-refractivity contribution in [2.24, 2.45) is 5.41 Å². The van der Waals surface area contributed by atoms with Gasteiger partial charge < -0.3 is 10.1 Å². The third-order valence-corrected chi connectivity index (χ3v) is 5.35. The summed E-state index contributed by atoms with van der Waals surface area (Å²) < 4.78 is 5.93. The first-order chi connectivity index (χ1) is 8.83. The molecule has 2 atom stereocenters. The van der Waals surface area contributed by atoms with Crippen molar-refractivity contribution in [3.63, 3.8) is 0 Å². The monoisotopic (exact) mass is 252 g/mol. The fourth-order valence-corrected chi connectivity index (χ4v) is 4.52. The third-order valence-electron chi connectivity index (χ3n) is 5.35. The molecular formula is C15H28N2O. The Balaban J connectivity index is 1.66. The van der Waals surface area contributed by atoms with Gasteiger partial charge in [-0.15, -0.1) is 0 Å². The molecule has 1 heterocycles. The van der Waals surface area contributed by atoms with Gasteiger partial charge in [0.15, 0.2) is 0 Å². The van der Waals surface area contributed by atoms with Crippen molar-refractivity contribution in [2.75, 3.05) is 33.3 Å². The molecule has 2 unspecified atom stereocenters. The SMILES string of the molecule is CNCC1(CN2CCOC3CCCC32)CCCC1. The molecule has 0 radical (unpaired) electrons. The lowest BCUT2D eigenvalue weighted by Crippen LogP contribution is -2.53. The van der Waals surface area contributed by atoms with Crippen molar-refractivity contribution in [1.29, 1.82) is 0 Å². The van der Waals surface area contributed by atoms with Crippen molar-refractivity contribution in [2.45, 2.75) is 57.1 Å². The van der Waals surface area contributed by atoms with Crippen molar-refractivity contribution in [3.05, 3.63) is 0 Å². The van der Waals surface area contributed by atoms with Crippen LogP contribution in [0.2, 0.25) is 0 Å². The number of hydrogen-bond donors (Lipinski definition) is 1. The molecule has 3 heteroatoms. The molecule has 2 saturated carbocycles.